The van der Waals surface area contributed by atoms with Gasteiger partial charge in [0.15, 0.2) is 0 Å². The lowest BCUT2D eigenvalue weighted by atomic mass is 10.1. The summed E-state index contributed by atoms with van der Waals surface area (Å²) in [7, 11) is 2.06. The topological polar surface area (TPSA) is 61.4 Å². The first-order valence-electron chi connectivity index (χ1n) is 10.4. The van der Waals surface area contributed by atoms with Gasteiger partial charge in [-0.15, -0.1) is 0 Å². The van der Waals surface area contributed by atoms with E-state index in [0.29, 0.717) is 0 Å². The van der Waals surface area contributed by atoms with E-state index >= 15 is 0 Å². The molecule has 0 unspecified atom stereocenters. The van der Waals surface area contributed by atoms with E-state index in [4.69, 9.17) is 0 Å². The first-order chi connectivity index (χ1) is 15.0. The van der Waals surface area contributed by atoms with Crippen molar-refractivity contribution < 1.29 is 13.6 Å². The van der Waals surface area contributed by atoms with E-state index in [1.165, 1.54) is 12.1 Å². The number of hydrogen-bond acceptors (Lipinski definition) is 4. The second-order valence-corrected chi connectivity index (χ2v) is 8.00. The minimum atomic E-state index is -0.665. The Balaban J connectivity index is 1.55. The summed E-state index contributed by atoms with van der Waals surface area (Å²) in [6.07, 6.45) is 4.98. The summed E-state index contributed by atoms with van der Waals surface area (Å²) in [5.74, 6) is -1.31. The maximum absolute atomic E-state index is 14.3. The highest BCUT2D eigenvalue weighted by Crippen LogP contribution is 2.18. The molecule has 0 saturated carbocycles. The fourth-order valence-electron chi connectivity index (χ4n) is 3.80. The number of hydrogen-bond donors (Lipinski definition) is 1. The summed E-state index contributed by atoms with van der Waals surface area (Å²) in [5.41, 5.74) is 2.61. The van der Waals surface area contributed by atoms with Crippen molar-refractivity contribution in [1.82, 2.24) is 25.1 Å². The third kappa shape index (κ3) is 5.32. The fraction of sp³-hybridized carbons (Fsp3) is 0.348. The molecule has 1 fully saturated rings. The lowest BCUT2D eigenvalue weighted by molar-refractivity contribution is 0.175. The lowest BCUT2D eigenvalue weighted by Crippen LogP contribution is -2.48. The Morgan fingerprint density at radius 1 is 1.06 bits per heavy atom. The van der Waals surface area contributed by atoms with E-state index in [-0.39, 0.29) is 30.7 Å². The average Bonchev–Trinajstić information content (AvgIpc) is 2.76. The molecule has 0 spiro atoms. The number of fused-ring (bicyclic) bond motifs is 1. The molecular formula is C23H25F2N5O. The van der Waals surface area contributed by atoms with Crippen LogP contribution >= 0.6 is 0 Å². The number of amides is 2. The molecule has 0 radical (unpaired) electrons. The highest BCUT2D eigenvalue weighted by Gasteiger charge is 2.23. The molecule has 1 aromatic heterocycles. The molecule has 3 aromatic rings. The van der Waals surface area contributed by atoms with Crippen molar-refractivity contribution in [3.05, 3.63) is 71.6 Å². The molecule has 0 aliphatic carbocycles. The minimum absolute atomic E-state index is 0.0308. The second kappa shape index (κ2) is 9.34. The van der Waals surface area contributed by atoms with Gasteiger partial charge in [0.2, 0.25) is 0 Å². The number of aromatic nitrogens is 2. The Labute approximate surface area is 179 Å². The van der Waals surface area contributed by atoms with Gasteiger partial charge >= 0.3 is 6.03 Å². The number of nitrogens with zero attached hydrogens (tertiary/aromatic N) is 4. The van der Waals surface area contributed by atoms with Crippen LogP contribution in [0.5, 0.6) is 0 Å². The Bertz CT molecular complexity index is 1070. The molecule has 1 N–H and O–H groups in total. The predicted octanol–water partition coefficient (Wildman–Crippen LogP) is 3.71. The summed E-state index contributed by atoms with van der Waals surface area (Å²) >= 11 is 0. The van der Waals surface area contributed by atoms with Gasteiger partial charge in [0.25, 0.3) is 0 Å². The maximum Gasteiger partial charge on any atom is 0.318 e. The number of nitrogens with one attached hydrogen (secondary N) is 1. The Hall–Kier alpha value is -3.13. The van der Waals surface area contributed by atoms with Crippen molar-refractivity contribution in [2.45, 2.75) is 32.0 Å². The van der Waals surface area contributed by atoms with Crippen molar-refractivity contribution >= 4 is 17.1 Å². The Kier molecular flexibility index (Phi) is 6.36. The van der Waals surface area contributed by atoms with E-state index in [0.717, 1.165) is 48.6 Å². The third-order valence-electron chi connectivity index (χ3n) is 5.62. The number of rotatable bonds is 5. The first-order valence-corrected chi connectivity index (χ1v) is 10.4. The SMILES string of the molecule is CN1CCC(NC(=O)N(Cc2ccc3nccnc3c2)Cc2ccc(F)cc2F)CC1. The molecule has 2 heterocycles. The molecule has 162 valence electrons. The van der Waals surface area contributed by atoms with Crippen LogP contribution in [0.4, 0.5) is 13.6 Å². The fourth-order valence-corrected chi connectivity index (χ4v) is 3.80. The van der Waals surface area contributed by atoms with Gasteiger partial charge in [0.1, 0.15) is 11.6 Å². The quantitative estimate of drug-likeness (QED) is 0.677. The number of benzene rings is 2. The highest BCUT2D eigenvalue weighted by atomic mass is 19.1. The standard InChI is InChI=1S/C23H25F2N5O/c1-29-10-6-19(7-11-29)28-23(31)30(15-17-3-4-18(24)13-20(17)25)14-16-2-5-21-22(12-16)27-9-8-26-21/h2-5,8-9,12-13,19H,6-7,10-11,14-15H2,1H3,(H,28,31). The minimum Gasteiger partial charge on any atom is -0.335 e. The summed E-state index contributed by atoms with van der Waals surface area (Å²) < 4.78 is 27.6. The lowest BCUT2D eigenvalue weighted by Gasteiger charge is -2.32. The second-order valence-electron chi connectivity index (χ2n) is 8.00. The van der Waals surface area contributed by atoms with Crippen LogP contribution < -0.4 is 5.32 Å². The summed E-state index contributed by atoms with van der Waals surface area (Å²) in [6, 6.07) is 8.84. The van der Waals surface area contributed by atoms with E-state index in [2.05, 4.69) is 27.2 Å². The van der Waals surface area contributed by atoms with Crippen LogP contribution in [0.3, 0.4) is 0 Å². The monoisotopic (exact) mass is 425 g/mol. The average molecular weight is 425 g/mol. The number of carbonyl (C=O) groups excluding carboxylic acids is 1. The normalized spacial score (nSPS) is 15.2. The Morgan fingerprint density at radius 3 is 2.55 bits per heavy atom. The zero-order valence-corrected chi connectivity index (χ0v) is 17.4. The van der Waals surface area contributed by atoms with E-state index < -0.39 is 11.6 Å². The molecule has 0 bridgehead atoms. The number of piperidine rings is 1. The van der Waals surface area contributed by atoms with Crippen LogP contribution in [0.25, 0.3) is 11.0 Å². The van der Waals surface area contributed by atoms with Gasteiger partial charge in [-0.1, -0.05) is 12.1 Å². The van der Waals surface area contributed by atoms with Gasteiger partial charge in [-0.2, -0.15) is 0 Å². The molecule has 4 rings (SSSR count). The number of halogens is 2. The molecule has 31 heavy (non-hydrogen) atoms. The molecule has 2 amide bonds. The van der Waals surface area contributed by atoms with E-state index in [9.17, 15) is 13.6 Å². The largest absolute Gasteiger partial charge is 0.335 e. The van der Waals surface area contributed by atoms with Crippen molar-refractivity contribution in [3.8, 4) is 0 Å². The highest BCUT2D eigenvalue weighted by molar-refractivity contribution is 5.76. The van der Waals surface area contributed by atoms with Gasteiger partial charge < -0.3 is 15.1 Å². The van der Waals surface area contributed by atoms with Gasteiger partial charge in [0.05, 0.1) is 17.6 Å². The maximum atomic E-state index is 14.3. The summed E-state index contributed by atoms with van der Waals surface area (Å²) in [6.45, 7) is 2.13. The molecule has 8 heteroatoms. The van der Waals surface area contributed by atoms with Crippen molar-refractivity contribution in [1.29, 1.82) is 0 Å². The predicted molar refractivity (Wildman–Crippen MR) is 114 cm³/mol. The summed E-state index contributed by atoms with van der Waals surface area (Å²) in [4.78, 5) is 25.5. The van der Waals surface area contributed by atoms with Crippen LogP contribution in [0.1, 0.15) is 24.0 Å². The number of carbonyl (C=O) groups is 1. The molecule has 6 nitrogen and oxygen atoms in total. The van der Waals surface area contributed by atoms with Gasteiger partial charge in [0, 0.05) is 36.6 Å². The Morgan fingerprint density at radius 2 is 1.81 bits per heavy atom. The summed E-state index contributed by atoms with van der Waals surface area (Å²) in [5, 5.41) is 3.08. The zero-order valence-electron chi connectivity index (χ0n) is 17.4. The van der Waals surface area contributed by atoms with Crippen molar-refractivity contribution in [2.24, 2.45) is 0 Å². The zero-order chi connectivity index (χ0) is 21.8. The van der Waals surface area contributed by atoms with E-state index in [1.54, 1.807) is 17.3 Å². The smallest absolute Gasteiger partial charge is 0.318 e. The van der Waals surface area contributed by atoms with Gasteiger partial charge in [-0.3, -0.25) is 9.97 Å². The number of likely N-dealkylation sites (tertiary alicyclic amines) is 1. The molecule has 2 aromatic carbocycles. The van der Waals surface area contributed by atoms with Crippen LogP contribution in [0.15, 0.2) is 48.8 Å². The first kappa shape index (κ1) is 21.1. The van der Waals surface area contributed by atoms with Gasteiger partial charge in [-0.25, -0.2) is 13.6 Å². The van der Waals surface area contributed by atoms with Crippen molar-refractivity contribution in [3.63, 3.8) is 0 Å². The molecule has 1 saturated heterocycles. The van der Waals surface area contributed by atoms with Crippen molar-refractivity contribution in [2.75, 3.05) is 20.1 Å². The van der Waals surface area contributed by atoms with Gasteiger partial charge in [-0.05, 0) is 56.7 Å². The van der Waals surface area contributed by atoms with Crippen LogP contribution in [-0.4, -0.2) is 52.0 Å². The molecular weight excluding hydrogens is 400 g/mol. The van der Waals surface area contributed by atoms with Crippen LogP contribution in [0.2, 0.25) is 0 Å². The third-order valence-corrected chi connectivity index (χ3v) is 5.62. The molecule has 1 aliphatic rings. The number of urea groups is 1. The van der Waals surface area contributed by atoms with E-state index in [1.807, 2.05) is 18.2 Å². The molecule has 0 atom stereocenters. The van der Waals surface area contributed by atoms with Crippen LogP contribution in [0, 0.1) is 11.6 Å². The van der Waals surface area contributed by atoms with Crippen LogP contribution in [-0.2, 0) is 13.1 Å². The molecule has 1 aliphatic heterocycles.